The molecule has 1 fully saturated rings. The number of piperidine rings is 1. The second-order valence-corrected chi connectivity index (χ2v) is 7.87. The fraction of sp³-hybridized carbons (Fsp3) is 0.429. The van der Waals surface area contributed by atoms with Gasteiger partial charge in [0.15, 0.2) is 17.3 Å². The van der Waals surface area contributed by atoms with E-state index in [0.717, 1.165) is 5.56 Å². The molecule has 2 aliphatic heterocycles. The minimum Gasteiger partial charge on any atom is -0.486 e. The number of fused-ring (bicyclic) bond motifs is 1. The third-order valence-electron chi connectivity index (χ3n) is 5.50. The van der Waals surface area contributed by atoms with E-state index in [1.807, 2.05) is 13.0 Å². The number of ether oxygens (including phenoxy) is 2. The van der Waals surface area contributed by atoms with Crippen molar-refractivity contribution in [3.05, 3.63) is 46.1 Å². The van der Waals surface area contributed by atoms with Crippen LogP contribution in [0.25, 0.3) is 0 Å². The van der Waals surface area contributed by atoms with Gasteiger partial charge < -0.3 is 14.4 Å². The number of anilines is 1. The standard InChI is InChI=1S/C21H22ClN3O4/c1-3-28-20(27)16-4-5-19(24-23-16)25-8-6-21(7-9-25)12-17(26)14-11-15(22)13(2)10-18(14)29-21/h4-5,10-11H,3,6-9,12H2,1-2H3. The SMILES string of the molecule is CCOC(=O)c1ccc(N2CCC3(CC2)CC(=O)c2cc(Cl)c(C)cc2O3)nn1. The Morgan fingerprint density at radius 3 is 2.69 bits per heavy atom. The number of hydrogen-bond donors (Lipinski definition) is 0. The monoisotopic (exact) mass is 415 g/mol. The first-order valence-corrected chi connectivity index (χ1v) is 10.1. The molecule has 0 radical (unpaired) electrons. The molecule has 8 heteroatoms. The number of hydrogen-bond acceptors (Lipinski definition) is 7. The Hall–Kier alpha value is -2.67. The average Bonchev–Trinajstić information content (AvgIpc) is 2.71. The van der Waals surface area contributed by atoms with Crippen molar-refractivity contribution in [2.45, 2.75) is 38.7 Å². The minimum absolute atomic E-state index is 0.0696. The van der Waals surface area contributed by atoms with Crippen LogP contribution in [0.1, 0.15) is 52.6 Å². The Morgan fingerprint density at radius 1 is 1.28 bits per heavy atom. The summed E-state index contributed by atoms with van der Waals surface area (Å²) < 4.78 is 11.3. The highest BCUT2D eigenvalue weighted by molar-refractivity contribution is 6.31. The zero-order valence-corrected chi connectivity index (χ0v) is 17.2. The fourth-order valence-corrected chi connectivity index (χ4v) is 4.01. The molecule has 0 atom stereocenters. The summed E-state index contributed by atoms with van der Waals surface area (Å²) in [6.07, 6.45) is 1.74. The van der Waals surface area contributed by atoms with Gasteiger partial charge in [0.25, 0.3) is 0 Å². The first kappa shape index (κ1) is 19.6. The summed E-state index contributed by atoms with van der Waals surface area (Å²) in [6, 6.07) is 6.94. The van der Waals surface area contributed by atoms with Crippen LogP contribution < -0.4 is 9.64 Å². The van der Waals surface area contributed by atoms with Gasteiger partial charge in [0.1, 0.15) is 11.4 Å². The van der Waals surface area contributed by atoms with Crippen LogP contribution >= 0.6 is 11.6 Å². The van der Waals surface area contributed by atoms with Gasteiger partial charge in [-0.1, -0.05) is 11.6 Å². The molecule has 1 saturated heterocycles. The van der Waals surface area contributed by atoms with Gasteiger partial charge in [-0.25, -0.2) is 4.79 Å². The molecule has 0 bridgehead atoms. The minimum atomic E-state index is -0.501. The maximum absolute atomic E-state index is 12.7. The van der Waals surface area contributed by atoms with Crippen molar-refractivity contribution in [1.82, 2.24) is 10.2 Å². The Kier molecular flexibility index (Phi) is 5.17. The summed E-state index contributed by atoms with van der Waals surface area (Å²) in [7, 11) is 0. The molecule has 0 unspecified atom stereocenters. The predicted molar refractivity (Wildman–Crippen MR) is 108 cm³/mol. The average molecular weight is 416 g/mol. The molecule has 4 rings (SSSR count). The molecule has 0 aliphatic carbocycles. The maximum Gasteiger partial charge on any atom is 0.358 e. The third-order valence-corrected chi connectivity index (χ3v) is 5.91. The van der Waals surface area contributed by atoms with Crippen molar-refractivity contribution in [1.29, 1.82) is 0 Å². The molecule has 1 aromatic heterocycles. The molecule has 3 heterocycles. The van der Waals surface area contributed by atoms with Crippen LogP contribution in [0.15, 0.2) is 24.3 Å². The predicted octanol–water partition coefficient (Wildman–Crippen LogP) is 3.62. The number of carbonyl (C=O) groups is 2. The zero-order chi connectivity index (χ0) is 20.6. The molecule has 2 aliphatic rings. The van der Waals surface area contributed by atoms with Crippen LogP contribution in [0.3, 0.4) is 0 Å². The first-order valence-electron chi connectivity index (χ1n) is 9.69. The van der Waals surface area contributed by atoms with Crippen molar-refractivity contribution < 1.29 is 19.1 Å². The molecule has 29 heavy (non-hydrogen) atoms. The van der Waals surface area contributed by atoms with Crippen LogP contribution in [0.2, 0.25) is 5.02 Å². The largest absolute Gasteiger partial charge is 0.486 e. The van der Waals surface area contributed by atoms with E-state index < -0.39 is 11.6 Å². The van der Waals surface area contributed by atoms with Crippen LogP contribution in [-0.2, 0) is 4.74 Å². The normalized spacial score (nSPS) is 17.6. The van der Waals surface area contributed by atoms with Crippen molar-refractivity contribution in [2.24, 2.45) is 0 Å². The van der Waals surface area contributed by atoms with E-state index in [9.17, 15) is 9.59 Å². The van der Waals surface area contributed by atoms with E-state index in [-0.39, 0.29) is 11.5 Å². The van der Waals surface area contributed by atoms with E-state index in [1.165, 1.54) is 0 Å². The van der Waals surface area contributed by atoms with Gasteiger partial charge in [-0.3, -0.25) is 4.79 Å². The van der Waals surface area contributed by atoms with Gasteiger partial charge in [0, 0.05) is 31.0 Å². The number of nitrogens with zero attached hydrogens (tertiary/aromatic N) is 3. The summed E-state index contributed by atoms with van der Waals surface area (Å²) in [6.45, 7) is 5.31. The van der Waals surface area contributed by atoms with Gasteiger partial charge in [-0.15, -0.1) is 10.2 Å². The lowest BCUT2D eigenvalue weighted by atomic mass is 9.82. The summed E-state index contributed by atoms with van der Waals surface area (Å²) in [5.74, 6) is 0.903. The highest BCUT2D eigenvalue weighted by Crippen LogP contribution is 2.41. The molecule has 1 aromatic carbocycles. The summed E-state index contributed by atoms with van der Waals surface area (Å²) in [5.41, 5.74) is 1.15. The fourth-order valence-electron chi connectivity index (χ4n) is 3.84. The highest BCUT2D eigenvalue weighted by atomic mass is 35.5. The number of ketones is 1. The Morgan fingerprint density at radius 2 is 2.03 bits per heavy atom. The van der Waals surface area contributed by atoms with Crippen LogP contribution in [0.5, 0.6) is 5.75 Å². The molecule has 1 spiro atoms. The number of Topliss-reactive ketones (excluding diaryl/α,β-unsaturated/α-hetero) is 1. The molecule has 0 N–H and O–H groups in total. The van der Waals surface area contributed by atoms with E-state index >= 15 is 0 Å². The second kappa shape index (κ2) is 7.63. The summed E-state index contributed by atoms with van der Waals surface area (Å²) >= 11 is 6.17. The molecule has 2 aromatic rings. The Bertz CT molecular complexity index is 953. The molecular formula is C21H22ClN3O4. The molecule has 7 nitrogen and oxygen atoms in total. The number of esters is 1. The van der Waals surface area contributed by atoms with Crippen molar-refractivity contribution >= 4 is 29.2 Å². The number of halogens is 1. The van der Waals surface area contributed by atoms with Crippen molar-refractivity contribution in [2.75, 3.05) is 24.6 Å². The van der Waals surface area contributed by atoms with Crippen molar-refractivity contribution in [3.8, 4) is 5.75 Å². The number of aryl methyl sites for hydroxylation is 1. The smallest absolute Gasteiger partial charge is 0.358 e. The lowest BCUT2D eigenvalue weighted by Crippen LogP contribution is -2.51. The maximum atomic E-state index is 12.7. The number of rotatable bonds is 3. The van der Waals surface area contributed by atoms with Crippen LogP contribution in [0, 0.1) is 6.92 Å². The Balaban J connectivity index is 1.46. The van der Waals surface area contributed by atoms with Gasteiger partial charge in [-0.2, -0.15) is 0 Å². The third kappa shape index (κ3) is 3.79. The lowest BCUT2D eigenvalue weighted by Gasteiger charge is -2.44. The zero-order valence-electron chi connectivity index (χ0n) is 16.4. The van der Waals surface area contributed by atoms with E-state index in [4.69, 9.17) is 21.1 Å². The van der Waals surface area contributed by atoms with E-state index in [0.29, 0.717) is 61.1 Å². The molecular weight excluding hydrogens is 394 g/mol. The van der Waals surface area contributed by atoms with Gasteiger partial charge in [-0.05, 0) is 43.7 Å². The van der Waals surface area contributed by atoms with Gasteiger partial charge in [0.2, 0.25) is 0 Å². The lowest BCUT2D eigenvalue weighted by molar-refractivity contribution is 0.0230. The topological polar surface area (TPSA) is 81.6 Å². The molecule has 0 amide bonds. The van der Waals surface area contributed by atoms with Gasteiger partial charge >= 0.3 is 5.97 Å². The van der Waals surface area contributed by atoms with E-state index in [2.05, 4.69) is 15.1 Å². The summed E-state index contributed by atoms with van der Waals surface area (Å²) in [5, 5.41) is 8.72. The molecule has 0 saturated carbocycles. The quantitative estimate of drug-likeness (QED) is 0.708. The molecule has 152 valence electrons. The number of aromatic nitrogens is 2. The van der Waals surface area contributed by atoms with Crippen LogP contribution in [-0.4, -0.2) is 47.2 Å². The number of benzene rings is 1. The number of carbonyl (C=O) groups excluding carboxylic acids is 2. The Labute approximate surface area is 174 Å². The summed E-state index contributed by atoms with van der Waals surface area (Å²) in [4.78, 5) is 26.5. The highest BCUT2D eigenvalue weighted by Gasteiger charge is 2.43. The second-order valence-electron chi connectivity index (χ2n) is 7.47. The first-order chi connectivity index (χ1) is 13.9. The van der Waals surface area contributed by atoms with Crippen molar-refractivity contribution in [3.63, 3.8) is 0 Å². The van der Waals surface area contributed by atoms with E-state index in [1.54, 1.807) is 25.1 Å². The van der Waals surface area contributed by atoms with Crippen LogP contribution in [0.4, 0.5) is 5.82 Å². The van der Waals surface area contributed by atoms with Gasteiger partial charge in [0.05, 0.1) is 18.6 Å².